The number of carboxylic acid groups (broad SMARTS) is 1. The SMILES string of the molecule is [NH3+][C@@H](Cc1ccc(O)cc1)C(=O)N[C@@H](Cc1ccc(O)cc1)C(=O)N[C@@H](Cc1ccc(O)cc1)C(=O)[O-]. The maximum atomic E-state index is 13.2. The van der Waals surface area contributed by atoms with Gasteiger partial charge in [0.25, 0.3) is 5.91 Å². The van der Waals surface area contributed by atoms with Gasteiger partial charge in [-0.1, -0.05) is 36.4 Å². The van der Waals surface area contributed by atoms with Crippen molar-refractivity contribution in [2.45, 2.75) is 37.4 Å². The van der Waals surface area contributed by atoms with Gasteiger partial charge in [-0.3, -0.25) is 9.59 Å². The number of benzene rings is 3. The normalized spacial score (nSPS) is 13.2. The highest BCUT2D eigenvalue weighted by Crippen LogP contribution is 2.14. The Bertz CT molecular complexity index is 1210. The van der Waals surface area contributed by atoms with Gasteiger partial charge < -0.3 is 41.6 Å². The Morgan fingerprint density at radius 3 is 1.38 bits per heavy atom. The van der Waals surface area contributed by atoms with Gasteiger partial charge in [-0.05, 0) is 59.5 Å². The van der Waals surface area contributed by atoms with Crippen molar-refractivity contribution in [2.24, 2.45) is 0 Å². The second-order valence-electron chi connectivity index (χ2n) is 8.75. The molecular formula is C27H29N3O7. The topological polar surface area (TPSA) is 187 Å². The summed E-state index contributed by atoms with van der Waals surface area (Å²) in [5.74, 6) is -2.61. The Hall–Kier alpha value is -4.57. The molecule has 3 atom stereocenters. The lowest BCUT2D eigenvalue weighted by Crippen LogP contribution is -2.70. The number of carboxylic acids is 1. The van der Waals surface area contributed by atoms with Crippen LogP contribution in [-0.4, -0.2) is 51.2 Å². The number of phenolic OH excluding ortho intramolecular Hbond substituents is 3. The van der Waals surface area contributed by atoms with E-state index in [0.29, 0.717) is 11.1 Å². The number of rotatable bonds is 11. The molecule has 2 amide bonds. The van der Waals surface area contributed by atoms with Crippen LogP contribution in [0.1, 0.15) is 16.7 Å². The van der Waals surface area contributed by atoms with Crippen molar-refractivity contribution in [1.82, 2.24) is 10.6 Å². The van der Waals surface area contributed by atoms with Crippen LogP contribution < -0.4 is 21.5 Å². The summed E-state index contributed by atoms with van der Waals surface area (Å²) in [6.45, 7) is 0. The zero-order valence-corrected chi connectivity index (χ0v) is 20.0. The summed E-state index contributed by atoms with van der Waals surface area (Å²) in [7, 11) is 0. The maximum absolute atomic E-state index is 13.2. The minimum atomic E-state index is -1.50. The van der Waals surface area contributed by atoms with Gasteiger partial charge in [0.1, 0.15) is 23.3 Å². The molecule has 0 aliphatic carbocycles. The minimum absolute atomic E-state index is 0.0180. The first-order valence-electron chi connectivity index (χ1n) is 11.6. The summed E-state index contributed by atoms with van der Waals surface area (Å²) in [5, 5.41) is 45.3. The van der Waals surface area contributed by atoms with Crippen molar-refractivity contribution < 1.29 is 40.5 Å². The number of hydrogen-bond acceptors (Lipinski definition) is 7. The number of amides is 2. The molecule has 0 heterocycles. The molecule has 0 aliphatic heterocycles. The molecule has 0 spiro atoms. The van der Waals surface area contributed by atoms with Gasteiger partial charge in [0.15, 0.2) is 6.04 Å². The quantitative estimate of drug-likeness (QED) is 0.195. The average molecular weight is 508 g/mol. The molecule has 3 aromatic rings. The highest BCUT2D eigenvalue weighted by atomic mass is 16.4. The van der Waals surface area contributed by atoms with E-state index in [-0.39, 0.29) is 36.5 Å². The van der Waals surface area contributed by atoms with E-state index < -0.39 is 35.9 Å². The number of carbonyl (C=O) groups is 3. The number of quaternary nitrogens is 1. The smallest absolute Gasteiger partial charge is 0.279 e. The molecule has 3 rings (SSSR count). The molecule has 0 radical (unpaired) electrons. The monoisotopic (exact) mass is 507 g/mol. The van der Waals surface area contributed by atoms with Crippen LogP contribution in [0.5, 0.6) is 17.2 Å². The molecule has 8 N–H and O–H groups in total. The van der Waals surface area contributed by atoms with E-state index in [2.05, 4.69) is 16.4 Å². The lowest BCUT2D eigenvalue weighted by atomic mass is 10.0. The first kappa shape index (κ1) is 27.0. The van der Waals surface area contributed by atoms with Crippen LogP contribution in [0.25, 0.3) is 0 Å². The third-order valence-corrected chi connectivity index (χ3v) is 5.78. The Labute approximate surface area is 213 Å². The summed E-state index contributed by atoms with van der Waals surface area (Å²) in [4.78, 5) is 37.9. The minimum Gasteiger partial charge on any atom is -0.548 e. The summed E-state index contributed by atoms with van der Waals surface area (Å²) in [5.41, 5.74) is 5.82. The molecule has 37 heavy (non-hydrogen) atoms. The highest BCUT2D eigenvalue weighted by molar-refractivity contribution is 5.91. The van der Waals surface area contributed by atoms with Crippen LogP contribution in [0.4, 0.5) is 0 Å². The van der Waals surface area contributed by atoms with Crippen LogP contribution in [0.2, 0.25) is 0 Å². The molecule has 0 saturated heterocycles. The molecule has 10 nitrogen and oxygen atoms in total. The average Bonchev–Trinajstić information content (AvgIpc) is 2.87. The predicted molar refractivity (Wildman–Crippen MR) is 131 cm³/mol. The summed E-state index contributed by atoms with van der Waals surface area (Å²) in [6, 6.07) is 15.0. The van der Waals surface area contributed by atoms with Crippen LogP contribution in [0.15, 0.2) is 72.8 Å². The van der Waals surface area contributed by atoms with Crippen LogP contribution in [0, 0.1) is 0 Å². The molecule has 0 aliphatic rings. The lowest BCUT2D eigenvalue weighted by Gasteiger charge is -2.25. The Balaban J connectivity index is 1.74. The first-order valence-corrected chi connectivity index (χ1v) is 11.6. The zero-order chi connectivity index (χ0) is 26.9. The number of hydrogen-bond donors (Lipinski definition) is 6. The summed E-state index contributed by atoms with van der Waals surface area (Å²) >= 11 is 0. The largest absolute Gasteiger partial charge is 0.548 e. The van der Waals surface area contributed by atoms with Gasteiger partial charge in [0.2, 0.25) is 5.91 Å². The molecule has 194 valence electrons. The van der Waals surface area contributed by atoms with Crippen molar-refractivity contribution in [2.75, 3.05) is 0 Å². The van der Waals surface area contributed by atoms with Crippen molar-refractivity contribution >= 4 is 17.8 Å². The van der Waals surface area contributed by atoms with Crippen LogP contribution in [0.3, 0.4) is 0 Å². The fourth-order valence-electron chi connectivity index (χ4n) is 3.71. The molecule has 0 aromatic heterocycles. The van der Waals surface area contributed by atoms with E-state index in [1.807, 2.05) is 0 Å². The number of carbonyl (C=O) groups excluding carboxylic acids is 3. The molecule has 0 saturated carbocycles. The Kier molecular flexibility index (Phi) is 9.06. The van der Waals surface area contributed by atoms with Gasteiger partial charge >= 0.3 is 0 Å². The van der Waals surface area contributed by atoms with Gasteiger partial charge in [0.05, 0.1) is 12.0 Å². The predicted octanol–water partition coefficient (Wildman–Crippen LogP) is -0.839. The van der Waals surface area contributed by atoms with Crippen LogP contribution in [-0.2, 0) is 33.6 Å². The molecule has 0 fully saturated rings. The molecular weight excluding hydrogens is 478 g/mol. The van der Waals surface area contributed by atoms with Gasteiger partial charge in [-0.15, -0.1) is 0 Å². The van der Waals surface area contributed by atoms with Gasteiger partial charge in [-0.25, -0.2) is 0 Å². The molecule has 3 aromatic carbocycles. The second-order valence-corrected chi connectivity index (χ2v) is 8.75. The molecule has 10 heteroatoms. The van der Waals surface area contributed by atoms with Crippen LogP contribution >= 0.6 is 0 Å². The fourth-order valence-corrected chi connectivity index (χ4v) is 3.71. The summed E-state index contributed by atoms with van der Waals surface area (Å²) < 4.78 is 0. The second kappa shape index (κ2) is 12.4. The lowest BCUT2D eigenvalue weighted by molar-refractivity contribution is -0.403. The number of aromatic hydroxyl groups is 3. The maximum Gasteiger partial charge on any atom is 0.279 e. The third-order valence-electron chi connectivity index (χ3n) is 5.78. The van der Waals surface area contributed by atoms with E-state index >= 15 is 0 Å². The standard InChI is InChI=1S/C27H29N3O7/c28-22(13-16-1-7-19(31)8-2-16)25(34)29-23(14-17-3-9-20(32)10-4-17)26(35)30-24(27(36)37)15-18-5-11-21(33)12-6-18/h1-12,22-24,31-33H,13-15,28H2,(H,29,34)(H,30,35)(H,36,37)/t22-,23-,24-/m0/s1. The number of phenols is 3. The highest BCUT2D eigenvalue weighted by Gasteiger charge is 2.28. The Morgan fingerprint density at radius 2 is 0.973 bits per heavy atom. The first-order chi connectivity index (χ1) is 17.6. The van der Waals surface area contributed by atoms with Gasteiger partial charge in [0, 0.05) is 12.8 Å². The van der Waals surface area contributed by atoms with E-state index in [0.717, 1.165) is 5.56 Å². The molecule has 0 bridgehead atoms. The Morgan fingerprint density at radius 1 is 0.622 bits per heavy atom. The van der Waals surface area contributed by atoms with E-state index in [4.69, 9.17) is 0 Å². The van der Waals surface area contributed by atoms with Crippen molar-refractivity contribution in [3.63, 3.8) is 0 Å². The van der Waals surface area contributed by atoms with Crippen molar-refractivity contribution in [3.8, 4) is 17.2 Å². The third kappa shape index (κ3) is 8.25. The number of nitrogens with one attached hydrogen (secondary N) is 2. The van der Waals surface area contributed by atoms with E-state index in [1.54, 1.807) is 24.3 Å². The van der Waals surface area contributed by atoms with Gasteiger partial charge in [-0.2, -0.15) is 0 Å². The van der Waals surface area contributed by atoms with Crippen molar-refractivity contribution in [3.05, 3.63) is 89.5 Å². The van der Waals surface area contributed by atoms with E-state index in [1.165, 1.54) is 48.5 Å². The van der Waals surface area contributed by atoms with Crippen molar-refractivity contribution in [1.29, 1.82) is 0 Å². The summed E-state index contributed by atoms with van der Waals surface area (Å²) in [6.07, 6.45) is 0.192. The number of aliphatic carboxylic acids is 1. The van der Waals surface area contributed by atoms with E-state index in [9.17, 15) is 34.8 Å². The zero-order valence-electron chi connectivity index (χ0n) is 20.0. The fraction of sp³-hybridized carbons (Fsp3) is 0.222. The molecule has 0 unspecified atom stereocenters.